The Morgan fingerprint density at radius 3 is 2.90 bits per heavy atom. The van der Waals surface area contributed by atoms with Crippen LogP contribution in [0.1, 0.15) is 49.8 Å². The summed E-state index contributed by atoms with van der Waals surface area (Å²) in [6.07, 6.45) is 5.45. The summed E-state index contributed by atoms with van der Waals surface area (Å²) in [6.45, 7) is 3.18. The Morgan fingerprint density at radius 1 is 1.45 bits per heavy atom. The maximum absolute atomic E-state index is 11.5. The van der Waals surface area contributed by atoms with E-state index in [1.54, 1.807) is 0 Å². The van der Waals surface area contributed by atoms with Gasteiger partial charge in [-0.3, -0.25) is 4.79 Å². The molecule has 1 atom stereocenters. The van der Waals surface area contributed by atoms with Crippen molar-refractivity contribution in [2.45, 2.75) is 45.1 Å². The standard InChI is InChI=1S/C16H21ClN2O/c1-2-6-18-16(10-4-3-5-10)12-7-11-8-15(20)19-14(11)9-13(12)17/h7,9-10,16,18H,2-6,8H2,1H3,(H,19,20). The lowest BCUT2D eigenvalue weighted by molar-refractivity contribution is -0.115. The fraction of sp³-hybridized carbons (Fsp3) is 0.562. The fourth-order valence-corrected chi connectivity index (χ4v) is 3.39. The van der Waals surface area contributed by atoms with Crippen LogP contribution in [0.3, 0.4) is 0 Å². The van der Waals surface area contributed by atoms with Gasteiger partial charge in [0, 0.05) is 16.8 Å². The minimum atomic E-state index is 0.0647. The molecule has 3 nitrogen and oxygen atoms in total. The number of anilines is 1. The van der Waals surface area contributed by atoms with Crippen LogP contribution in [-0.4, -0.2) is 12.5 Å². The third kappa shape index (κ3) is 2.57. The molecule has 20 heavy (non-hydrogen) atoms. The summed E-state index contributed by atoms with van der Waals surface area (Å²) in [4.78, 5) is 11.5. The molecule has 1 aromatic carbocycles. The molecule has 1 aliphatic carbocycles. The lowest BCUT2D eigenvalue weighted by Crippen LogP contribution is -2.33. The summed E-state index contributed by atoms with van der Waals surface area (Å²) in [7, 11) is 0. The second kappa shape index (κ2) is 5.74. The smallest absolute Gasteiger partial charge is 0.228 e. The molecule has 0 radical (unpaired) electrons. The van der Waals surface area contributed by atoms with E-state index >= 15 is 0 Å². The SMILES string of the molecule is CCCNC(c1cc2c(cc1Cl)NC(=O)C2)C1CCC1. The molecular weight excluding hydrogens is 272 g/mol. The van der Waals surface area contributed by atoms with Crippen molar-refractivity contribution in [1.29, 1.82) is 0 Å². The van der Waals surface area contributed by atoms with Crippen molar-refractivity contribution >= 4 is 23.2 Å². The average Bonchev–Trinajstić information content (AvgIpc) is 2.70. The predicted octanol–water partition coefficient (Wildman–Crippen LogP) is 3.68. The van der Waals surface area contributed by atoms with Crippen LogP contribution >= 0.6 is 11.6 Å². The molecule has 0 aromatic heterocycles. The van der Waals surface area contributed by atoms with Crippen LogP contribution in [0.25, 0.3) is 0 Å². The Bertz CT molecular complexity index is 525. The molecule has 1 heterocycles. The number of amides is 1. The maximum Gasteiger partial charge on any atom is 0.228 e. The quantitative estimate of drug-likeness (QED) is 0.869. The van der Waals surface area contributed by atoms with E-state index in [0.29, 0.717) is 18.4 Å². The topological polar surface area (TPSA) is 41.1 Å². The molecule has 1 unspecified atom stereocenters. The van der Waals surface area contributed by atoms with Gasteiger partial charge in [0.05, 0.1) is 6.42 Å². The molecule has 2 N–H and O–H groups in total. The van der Waals surface area contributed by atoms with Crippen molar-refractivity contribution < 1.29 is 4.79 Å². The van der Waals surface area contributed by atoms with E-state index in [9.17, 15) is 4.79 Å². The van der Waals surface area contributed by atoms with Gasteiger partial charge in [0.2, 0.25) is 5.91 Å². The highest BCUT2D eigenvalue weighted by atomic mass is 35.5. The number of carbonyl (C=O) groups is 1. The van der Waals surface area contributed by atoms with Crippen LogP contribution in [0.4, 0.5) is 5.69 Å². The van der Waals surface area contributed by atoms with Gasteiger partial charge in [0.1, 0.15) is 0 Å². The number of fused-ring (bicyclic) bond motifs is 1. The zero-order valence-corrected chi connectivity index (χ0v) is 12.6. The van der Waals surface area contributed by atoms with Gasteiger partial charge in [0.25, 0.3) is 0 Å². The number of rotatable bonds is 5. The summed E-state index contributed by atoms with van der Waals surface area (Å²) in [5, 5.41) is 7.27. The minimum absolute atomic E-state index is 0.0647. The van der Waals surface area contributed by atoms with Crippen LogP contribution in [-0.2, 0) is 11.2 Å². The van der Waals surface area contributed by atoms with Crippen molar-refractivity contribution in [2.75, 3.05) is 11.9 Å². The lowest BCUT2D eigenvalue weighted by Gasteiger charge is -2.35. The van der Waals surface area contributed by atoms with Gasteiger partial charge in [-0.1, -0.05) is 31.0 Å². The minimum Gasteiger partial charge on any atom is -0.325 e. The first-order valence-electron chi connectivity index (χ1n) is 7.54. The number of benzene rings is 1. The van der Waals surface area contributed by atoms with Crippen molar-refractivity contribution in [2.24, 2.45) is 5.92 Å². The molecule has 1 saturated carbocycles. The molecule has 0 bridgehead atoms. The van der Waals surface area contributed by atoms with Gasteiger partial charge in [-0.25, -0.2) is 0 Å². The zero-order chi connectivity index (χ0) is 14.1. The van der Waals surface area contributed by atoms with E-state index in [1.165, 1.54) is 24.8 Å². The first kappa shape index (κ1) is 13.9. The Morgan fingerprint density at radius 2 is 2.25 bits per heavy atom. The van der Waals surface area contributed by atoms with E-state index in [-0.39, 0.29) is 5.91 Å². The summed E-state index contributed by atoms with van der Waals surface area (Å²) < 4.78 is 0. The average molecular weight is 293 g/mol. The second-order valence-electron chi connectivity index (χ2n) is 5.88. The number of nitrogens with one attached hydrogen (secondary N) is 2. The summed E-state index contributed by atoms with van der Waals surface area (Å²) in [6, 6.07) is 4.37. The normalized spacial score (nSPS) is 19.4. The van der Waals surface area contributed by atoms with Gasteiger partial charge in [-0.2, -0.15) is 0 Å². The third-order valence-corrected chi connectivity index (χ3v) is 4.75. The van der Waals surface area contributed by atoms with Crippen LogP contribution in [0.5, 0.6) is 0 Å². The Labute approximate surface area is 125 Å². The van der Waals surface area contributed by atoms with Crippen LogP contribution in [0, 0.1) is 5.92 Å². The van der Waals surface area contributed by atoms with Crippen molar-refractivity contribution in [3.8, 4) is 0 Å². The van der Waals surface area contributed by atoms with E-state index in [4.69, 9.17) is 11.6 Å². The van der Waals surface area contributed by atoms with Gasteiger partial charge >= 0.3 is 0 Å². The molecule has 1 aliphatic heterocycles. The van der Waals surface area contributed by atoms with Crippen molar-refractivity contribution in [3.63, 3.8) is 0 Å². The first-order valence-corrected chi connectivity index (χ1v) is 7.92. The molecule has 1 fully saturated rings. The van der Waals surface area contributed by atoms with Crippen LogP contribution in [0.2, 0.25) is 5.02 Å². The molecule has 0 spiro atoms. The van der Waals surface area contributed by atoms with E-state index in [2.05, 4.69) is 23.6 Å². The van der Waals surface area contributed by atoms with Gasteiger partial charge in [0.15, 0.2) is 0 Å². The molecular formula is C16H21ClN2O. The third-order valence-electron chi connectivity index (χ3n) is 4.42. The Hall–Kier alpha value is -1.06. The predicted molar refractivity (Wildman–Crippen MR) is 82.2 cm³/mol. The van der Waals surface area contributed by atoms with Gasteiger partial charge in [-0.05, 0) is 48.9 Å². The van der Waals surface area contributed by atoms with Gasteiger partial charge < -0.3 is 10.6 Å². The highest BCUT2D eigenvalue weighted by Gasteiger charge is 2.31. The molecule has 108 valence electrons. The van der Waals surface area contributed by atoms with Gasteiger partial charge in [-0.15, -0.1) is 0 Å². The molecule has 4 heteroatoms. The molecule has 2 aliphatic rings. The highest BCUT2D eigenvalue weighted by Crippen LogP contribution is 2.42. The largest absolute Gasteiger partial charge is 0.325 e. The molecule has 1 aromatic rings. The number of hydrogen-bond donors (Lipinski definition) is 2. The zero-order valence-electron chi connectivity index (χ0n) is 11.8. The Kier molecular flexibility index (Phi) is 3.99. The Balaban J connectivity index is 1.90. The molecule has 0 saturated heterocycles. The highest BCUT2D eigenvalue weighted by molar-refractivity contribution is 6.32. The molecule has 1 amide bonds. The summed E-state index contributed by atoms with van der Waals surface area (Å²) in [5.74, 6) is 0.747. The monoisotopic (exact) mass is 292 g/mol. The van der Waals surface area contributed by atoms with E-state index in [0.717, 1.165) is 29.2 Å². The summed E-state index contributed by atoms with van der Waals surface area (Å²) in [5.41, 5.74) is 3.13. The fourth-order valence-electron chi connectivity index (χ4n) is 3.11. The first-order chi connectivity index (χ1) is 9.69. The lowest BCUT2D eigenvalue weighted by atomic mass is 9.77. The van der Waals surface area contributed by atoms with Crippen molar-refractivity contribution in [3.05, 3.63) is 28.3 Å². The van der Waals surface area contributed by atoms with E-state index in [1.807, 2.05) is 6.07 Å². The summed E-state index contributed by atoms with van der Waals surface area (Å²) >= 11 is 6.46. The van der Waals surface area contributed by atoms with Crippen molar-refractivity contribution in [1.82, 2.24) is 5.32 Å². The maximum atomic E-state index is 11.5. The number of halogens is 1. The second-order valence-corrected chi connectivity index (χ2v) is 6.29. The van der Waals surface area contributed by atoms with Crippen LogP contribution < -0.4 is 10.6 Å². The van der Waals surface area contributed by atoms with Crippen LogP contribution in [0.15, 0.2) is 12.1 Å². The number of carbonyl (C=O) groups excluding carboxylic acids is 1. The number of hydrogen-bond acceptors (Lipinski definition) is 2. The molecule has 3 rings (SSSR count). The van der Waals surface area contributed by atoms with E-state index < -0.39 is 0 Å².